The molecule has 2 saturated heterocycles. The number of ether oxygens (including phenoxy) is 1. The van der Waals surface area contributed by atoms with Crippen LogP contribution in [0.1, 0.15) is 43.2 Å². The molecule has 5 heterocycles. The van der Waals surface area contributed by atoms with Crippen LogP contribution in [0.5, 0.6) is 5.88 Å². The number of carboxylic acid groups (broad SMARTS) is 1. The van der Waals surface area contributed by atoms with Crippen molar-refractivity contribution in [2.75, 3.05) is 20.2 Å². The lowest BCUT2D eigenvalue weighted by molar-refractivity contribution is -0.144. The summed E-state index contributed by atoms with van der Waals surface area (Å²) in [5.41, 5.74) is 5.88. The quantitative estimate of drug-likeness (QED) is 0.144. The second-order valence-electron chi connectivity index (χ2n) is 13.2. The number of fused-ring (bicyclic) bond motifs is 1. The number of carbonyl (C=O) groups is 2. The Kier molecular flexibility index (Phi) is 10.6. The van der Waals surface area contributed by atoms with E-state index in [1.54, 1.807) is 19.5 Å². The first-order valence-electron chi connectivity index (χ1n) is 17.3. The molecule has 0 radical (unpaired) electrons. The highest BCUT2D eigenvalue weighted by atomic mass is 35.5. The number of methoxy groups -OCH3 is 1. The van der Waals surface area contributed by atoms with Gasteiger partial charge in [-0.05, 0) is 49.6 Å². The van der Waals surface area contributed by atoms with Crippen LogP contribution < -0.4 is 20.9 Å². The Morgan fingerprint density at radius 2 is 1.73 bits per heavy atom. The standard InChI is InChI=1S/C39H38Cl2N6O5/c1-52-37-24(19-42-21-26-12-14-34(48)44-26)11-13-31(45-37)30-9-5-8-29(36(30)41)28-7-4-6-27(35(28)40)23-15-17-47-33(18-23)43-20-25(38(47)49)22-46-16-3-2-10-32(46)39(50)51/h4-9,11,13,15,17-18,20,26,32,42H,2-3,10,12,14,16,19,21-22H2,1H3,(H,44,48)(H,50,51)/t26-,32-/m1/s1. The Morgan fingerprint density at radius 3 is 2.46 bits per heavy atom. The number of likely N-dealkylation sites (tertiary alicyclic amines) is 1. The summed E-state index contributed by atoms with van der Waals surface area (Å²) in [6.07, 6.45) is 6.92. The van der Waals surface area contributed by atoms with Crippen LogP contribution in [0.3, 0.4) is 0 Å². The van der Waals surface area contributed by atoms with Gasteiger partial charge in [0.2, 0.25) is 11.8 Å². The molecule has 0 saturated carbocycles. The van der Waals surface area contributed by atoms with Gasteiger partial charge in [-0.3, -0.25) is 23.7 Å². The molecule has 5 aromatic rings. The highest BCUT2D eigenvalue weighted by Gasteiger charge is 2.29. The van der Waals surface area contributed by atoms with Crippen LogP contribution in [-0.4, -0.2) is 68.5 Å². The van der Waals surface area contributed by atoms with Crippen molar-refractivity contribution in [1.29, 1.82) is 0 Å². The number of piperidine rings is 1. The number of aliphatic carboxylic acids is 1. The summed E-state index contributed by atoms with van der Waals surface area (Å²) in [7, 11) is 1.58. The van der Waals surface area contributed by atoms with E-state index in [0.717, 1.165) is 52.6 Å². The minimum absolute atomic E-state index is 0.0873. The SMILES string of the molecule is COc1nc(-c2cccc(-c3cccc(-c4ccn5c(=O)c(CN6CCCC[C@@H]6C(=O)O)cnc5c4)c3Cl)c2Cl)ccc1CNC[C@H]1CCC(=O)N1. The van der Waals surface area contributed by atoms with Crippen LogP contribution in [0.25, 0.3) is 39.2 Å². The van der Waals surface area contributed by atoms with Crippen LogP contribution in [0.15, 0.2) is 77.9 Å². The first-order chi connectivity index (χ1) is 25.2. The fourth-order valence-electron chi connectivity index (χ4n) is 7.11. The Labute approximate surface area is 310 Å². The maximum atomic E-state index is 13.5. The number of pyridine rings is 2. The Hall–Kier alpha value is -4.81. The van der Waals surface area contributed by atoms with E-state index in [-0.39, 0.29) is 24.1 Å². The van der Waals surface area contributed by atoms with Crippen molar-refractivity contribution in [3.8, 4) is 39.4 Å². The number of carbonyl (C=O) groups excluding carboxylic acids is 1. The molecule has 2 aliphatic heterocycles. The van der Waals surface area contributed by atoms with Crippen molar-refractivity contribution in [3.05, 3.63) is 105 Å². The summed E-state index contributed by atoms with van der Waals surface area (Å²) in [6, 6.07) is 18.5. The first-order valence-corrected chi connectivity index (χ1v) is 18.1. The number of hydrogen-bond acceptors (Lipinski definition) is 8. The van der Waals surface area contributed by atoms with E-state index in [1.807, 2.05) is 65.6 Å². The van der Waals surface area contributed by atoms with Gasteiger partial charge in [-0.2, -0.15) is 0 Å². The molecule has 1 amide bonds. The Morgan fingerprint density at radius 1 is 0.981 bits per heavy atom. The van der Waals surface area contributed by atoms with Crippen LogP contribution >= 0.6 is 23.2 Å². The zero-order chi connectivity index (χ0) is 36.4. The molecule has 2 aliphatic rings. The molecule has 0 unspecified atom stereocenters. The highest BCUT2D eigenvalue weighted by Crippen LogP contribution is 2.42. The molecular formula is C39H38Cl2N6O5. The molecule has 268 valence electrons. The van der Waals surface area contributed by atoms with E-state index in [4.69, 9.17) is 32.9 Å². The van der Waals surface area contributed by atoms with Crippen molar-refractivity contribution in [1.82, 2.24) is 29.9 Å². The molecule has 11 nitrogen and oxygen atoms in total. The van der Waals surface area contributed by atoms with Gasteiger partial charge < -0.3 is 20.5 Å². The maximum absolute atomic E-state index is 13.5. The predicted octanol–water partition coefficient (Wildman–Crippen LogP) is 6.21. The third-order valence-corrected chi connectivity index (χ3v) is 10.7. The number of rotatable bonds is 11. The van der Waals surface area contributed by atoms with E-state index < -0.39 is 12.0 Å². The van der Waals surface area contributed by atoms with Crippen molar-refractivity contribution < 1.29 is 19.4 Å². The minimum atomic E-state index is -0.867. The number of carboxylic acids is 1. The van der Waals surface area contributed by atoms with E-state index in [0.29, 0.717) is 65.3 Å². The van der Waals surface area contributed by atoms with Crippen LogP contribution in [0.2, 0.25) is 10.0 Å². The molecule has 2 aromatic carbocycles. The molecule has 2 fully saturated rings. The van der Waals surface area contributed by atoms with E-state index in [1.165, 1.54) is 4.40 Å². The lowest BCUT2D eigenvalue weighted by atomic mass is 9.97. The molecule has 13 heteroatoms. The number of aromatic nitrogens is 3. The van der Waals surface area contributed by atoms with Gasteiger partial charge in [0.05, 0.1) is 28.4 Å². The van der Waals surface area contributed by atoms with E-state index in [9.17, 15) is 19.5 Å². The molecular weight excluding hydrogens is 703 g/mol. The fraction of sp³-hybridized carbons (Fsp3) is 0.308. The van der Waals surface area contributed by atoms with Gasteiger partial charge in [-0.1, -0.05) is 72.1 Å². The zero-order valence-corrected chi connectivity index (χ0v) is 30.1. The molecule has 52 heavy (non-hydrogen) atoms. The maximum Gasteiger partial charge on any atom is 0.320 e. The van der Waals surface area contributed by atoms with Gasteiger partial charge in [-0.25, -0.2) is 9.97 Å². The van der Waals surface area contributed by atoms with Gasteiger partial charge in [0.1, 0.15) is 11.7 Å². The number of benzene rings is 2. The van der Waals surface area contributed by atoms with Gasteiger partial charge in [-0.15, -0.1) is 0 Å². The topological polar surface area (TPSA) is 138 Å². The van der Waals surface area contributed by atoms with Gasteiger partial charge in [0, 0.05) is 72.3 Å². The molecule has 3 aromatic heterocycles. The molecule has 0 aliphatic carbocycles. The second kappa shape index (κ2) is 15.4. The van der Waals surface area contributed by atoms with Gasteiger partial charge in [0.25, 0.3) is 5.56 Å². The first kappa shape index (κ1) is 35.6. The van der Waals surface area contributed by atoms with Crippen LogP contribution in [0, 0.1) is 0 Å². The smallest absolute Gasteiger partial charge is 0.320 e. The van der Waals surface area contributed by atoms with E-state index >= 15 is 0 Å². The number of nitrogens with zero attached hydrogens (tertiary/aromatic N) is 4. The predicted molar refractivity (Wildman–Crippen MR) is 201 cm³/mol. The zero-order valence-electron chi connectivity index (χ0n) is 28.6. The number of nitrogens with one attached hydrogen (secondary N) is 2. The molecule has 7 rings (SSSR count). The van der Waals surface area contributed by atoms with Crippen molar-refractivity contribution >= 4 is 40.7 Å². The molecule has 0 bridgehead atoms. The third-order valence-electron chi connectivity index (χ3n) is 9.85. The lowest BCUT2D eigenvalue weighted by Gasteiger charge is -2.32. The van der Waals surface area contributed by atoms with E-state index in [2.05, 4.69) is 15.6 Å². The summed E-state index contributed by atoms with van der Waals surface area (Å²) in [5, 5.41) is 17.0. The fourth-order valence-corrected chi connectivity index (χ4v) is 7.77. The minimum Gasteiger partial charge on any atom is -0.481 e. The Bertz CT molecular complexity index is 2230. The van der Waals surface area contributed by atoms with Crippen molar-refractivity contribution in [2.45, 2.75) is 57.3 Å². The average Bonchev–Trinajstić information content (AvgIpc) is 3.57. The van der Waals surface area contributed by atoms with Gasteiger partial charge >= 0.3 is 5.97 Å². The summed E-state index contributed by atoms with van der Waals surface area (Å²) >= 11 is 14.2. The molecule has 2 atom stereocenters. The van der Waals surface area contributed by atoms with Gasteiger partial charge in [0.15, 0.2) is 0 Å². The number of amides is 1. The molecule has 0 spiro atoms. The third kappa shape index (κ3) is 7.27. The monoisotopic (exact) mass is 740 g/mol. The Balaban J connectivity index is 1.13. The van der Waals surface area contributed by atoms with Crippen LogP contribution in [0.4, 0.5) is 0 Å². The lowest BCUT2D eigenvalue weighted by Crippen LogP contribution is -2.45. The largest absolute Gasteiger partial charge is 0.481 e. The van der Waals surface area contributed by atoms with Crippen molar-refractivity contribution in [2.24, 2.45) is 0 Å². The molecule has 3 N–H and O–H groups in total. The summed E-state index contributed by atoms with van der Waals surface area (Å²) in [5.74, 6) is -0.299. The second-order valence-corrected chi connectivity index (χ2v) is 13.9. The normalized spacial score (nSPS) is 17.7. The number of halogens is 2. The summed E-state index contributed by atoms with van der Waals surface area (Å²) in [4.78, 5) is 48.0. The summed E-state index contributed by atoms with van der Waals surface area (Å²) < 4.78 is 7.12. The van der Waals surface area contributed by atoms with Crippen LogP contribution in [-0.2, 0) is 22.7 Å². The highest BCUT2D eigenvalue weighted by molar-refractivity contribution is 6.39. The summed E-state index contributed by atoms with van der Waals surface area (Å²) in [6.45, 7) is 2.05. The van der Waals surface area contributed by atoms with Crippen molar-refractivity contribution in [3.63, 3.8) is 0 Å². The average molecular weight is 742 g/mol. The number of hydrogen-bond donors (Lipinski definition) is 3.